The van der Waals surface area contributed by atoms with Gasteiger partial charge < -0.3 is 0 Å². The zero-order valence-corrected chi connectivity index (χ0v) is 30.8. The van der Waals surface area contributed by atoms with Crippen molar-refractivity contribution in [1.29, 1.82) is 0 Å². The Kier molecular flexibility index (Phi) is 7.37. The van der Waals surface area contributed by atoms with E-state index in [1.54, 1.807) is 22.3 Å². The second-order valence-corrected chi connectivity index (χ2v) is 16.3. The third-order valence-electron chi connectivity index (χ3n) is 13.5. The van der Waals surface area contributed by atoms with Crippen molar-refractivity contribution in [3.8, 4) is 67.3 Å². The van der Waals surface area contributed by atoms with E-state index in [1.165, 1.54) is 97.6 Å². The van der Waals surface area contributed by atoms with Crippen molar-refractivity contribution < 1.29 is 0 Å². The Morgan fingerprint density at radius 3 is 1.41 bits per heavy atom. The van der Waals surface area contributed by atoms with Crippen LogP contribution in [-0.4, -0.2) is 9.97 Å². The van der Waals surface area contributed by atoms with E-state index in [-0.39, 0.29) is 10.8 Å². The van der Waals surface area contributed by atoms with Crippen molar-refractivity contribution in [2.45, 2.75) is 75.0 Å². The molecule has 11 rings (SSSR count). The fraction of sp³-hybridized carbons (Fsp3) is 0.231. The van der Waals surface area contributed by atoms with Crippen LogP contribution >= 0.6 is 0 Å². The molecule has 0 N–H and O–H groups in total. The van der Waals surface area contributed by atoms with E-state index in [1.807, 2.05) is 24.3 Å². The SMILES string of the molecule is c1ccc(-c2cc(-c3ccc(-c4ccc5c(c4)C4(CCCCC4)c4cc6c(cc4-5)C4(CCCCC4)c4ccccc4-6)cc3)nc(-c3ccccc3)n2)cc1. The van der Waals surface area contributed by atoms with Crippen molar-refractivity contribution in [3.05, 3.63) is 168 Å². The zero-order chi connectivity index (χ0) is 35.7. The summed E-state index contributed by atoms with van der Waals surface area (Å²) in [6.45, 7) is 0. The van der Waals surface area contributed by atoms with Crippen LogP contribution in [0.2, 0.25) is 0 Å². The van der Waals surface area contributed by atoms with Gasteiger partial charge in [0.2, 0.25) is 0 Å². The van der Waals surface area contributed by atoms with E-state index in [0.717, 1.165) is 33.9 Å². The molecular weight excluding hydrogens is 653 g/mol. The van der Waals surface area contributed by atoms with Crippen LogP contribution in [0.3, 0.4) is 0 Å². The molecule has 0 radical (unpaired) electrons. The molecular formula is C52H44N2. The van der Waals surface area contributed by atoms with E-state index in [9.17, 15) is 0 Å². The smallest absolute Gasteiger partial charge is 0.160 e. The van der Waals surface area contributed by atoms with Gasteiger partial charge in [0.15, 0.2) is 5.82 Å². The first-order valence-corrected chi connectivity index (χ1v) is 20.2. The molecule has 2 saturated carbocycles. The van der Waals surface area contributed by atoms with Gasteiger partial charge in [-0.05, 0) is 106 Å². The number of benzene rings is 6. The molecule has 4 aliphatic rings. The Labute approximate surface area is 319 Å². The highest BCUT2D eigenvalue weighted by Gasteiger charge is 2.48. The first-order valence-electron chi connectivity index (χ1n) is 20.2. The lowest BCUT2D eigenvalue weighted by atomic mass is 9.66. The minimum Gasteiger partial charge on any atom is -0.228 e. The van der Waals surface area contributed by atoms with Gasteiger partial charge in [-0.2, -0.15) is 0 Å². The molecule has 0 bridgehead atoms. The number of fused-ring (bicyclic) bond motifs is 10. The van der Waals surface area contributed by atoms with Gasteiger partial charge in [-0.3, -0.25) is 0 Å². The summed E-state index contributed by atoms with van der Waals surface area (Å²) < 4.78 is 0. The van der Waals surface area contributed by atoms with E-state index >= 15 is 0 Å². The van der Waals surface area contributed by atoms with Gasteiger partial charge in [0, 0.05) is 27.5 Å². The van der Waals surface area contributed by atoms with E-state index in [2.05, 4.69) is 121 Å². The van der Waals surface area contributed by atoms with Crippen molar-refractivity contribution in [3.63, 3.8) is 0 Å². The molecule has 0 unspecified atom stereocenters. The predicted molar refractivity (Wildman–Crippen MR) is 222 cm³/mol. The standard InChI is InChI=1S/C52H44N2/c1-5-15-36(16-6-1)48-34-49(54-50(53-48)38-17-7-2-8-18-38)37-23-21-35(22-24-37)39-25-26-41-43-33-46-42(32-47(43)52(45(41)31-39)29-13-4-14-30-52)40-19-9-10-20-44(40)51(46)27-11-3-12-28-51/h1-2,5-10,15-26,31-34H,3-4,11-14,27-30H2. The molecule has 2 fully saturated rings. The van der Waals surface area contributed by atoms with E-state index < -0.39 is 0 Å². The molecule has 0 atom stereocenters. The van der Waals surface area contributed by atoms with Crippen LogP contribution in [-0.2, 0) is 10.8 Å². The summed E-state index contributed by atoms with van der Waals surface area (Å²) >= 11 is 0. The average molecular weight is 697 g/mol. The molecule has 2 spiro atoms. The van der Waals surface area contributed by atoms with Gasteiger partial charge in [-0.1, -0.05) is 160 Å². The molecule has 0 amide bonds. The third-order valence-corrected chi connectivity index (χ3v) is 13.5. The minimum absolute atomic E-state index is 0.0911. The molecule has 0 saturated heterocycles. The number of rotatable bonds is 4. The Bertz CT molecular complexity index is 2480. The molecule has 4 aliphatic carbocycles. The average Bonchev–Trinajstić information content (AvgIpc) is 3.66. The van der Waals surface area contributed by atoms with Gasteiger partial charge in [0.25, 0.3) is 0 Å². The molecule has 262 valence electrons. The number of nitrogens with zero attached hydrogens (tertiary/aromatic N) is 2. The topological polar surface area (TPSA) is 25.8 Å². The maximum Gasteiger partial charge on any atom is 0.160 e. The van der Waals surface area contributed by atoms with Crippen molar-refractivity contribution in [2.75, 3.05) is 0 Å². The lowest BCUT2D eigenvalue weighted by molar-refractivity contribution is 0.350. The van der Waals surface area contributed by atoms with E-state index in [0.29, 0.717) is 0 Å². The second kappa shape index (κ2) is 12.5. The highest BCUT2D eigenvalue weighted by molar-refractivity contribution is 5.91. The summed E-state index contributed by atoms with van der Waals surface area (Å²) in [5.74, 6) is 0.746. The Balaban J connectivity index is 0.997. The molecule has 54 heavy (non-hydrogen) atoms. The first-order chi connectivity index (χ1) is 26.7. The Hall–Kier alpha value is -5.60. The highest BCUT2D eigenvalue weighted by Crippen LogP contribution is 2.62. The summed E-state index contributed by atoms with van der Waals surface area (Å²) in [5, 5.41) is 0. The summed E-state index contributed by atoms with van der Waals surface area (Å²) in [6, 6.07) is 54.1. The molecule has 2 heteroatoms. The fourth-order valence-electron chi connectivity index (χ4n) is 10.9. The van der Waals surface area contributed by atoms with Crippen LogP contribution in [0.25, 0.3) is 67.3 Å². The first kappa shape index (κ1) is 31.9. The summed E-state index contributed by atoms with van der Waals surface area (Å²) in [7, 11) is 0. The van der Waals surface area contributed by atoms with Crippen molar-refractivity contribution >= 4 is 0 Å². The summed E-state index contributed by atoms with van der Waals surface area (Å²) in [6.07, 6.45) is 13.0. The maximum absolute atomic E-state index is 5.09. The number of hydrogen-bond donors (Lipinski definition) is 0. The maximum atomic E-state index is 5.09. The fourth-order valence-corrected chi connectivity index (χ4v) is 10.9. The molecule has 1 aromatic heterocycles. The lowest BCUT2D eigenvalue weighted by Gasteiger charge is -2.37. The lowest BCUT2D eigenvalue weighted by Crippen LogP contribution is -2.29. The van der Waals surface area contributed by atoms with Crippen LogP contribution in [0.15, 0.2) is 146 Å². The largest absolute Gasteiger partial charge is 0.228 e. The number of aromatic nitrogens is 2. The highest BCUT2D eigenvalue weighted by atomic mass is 14.9. The quantitative estimate of drug-likeness (QED) is 0.183. The Morgan fingerprint density at radius 2 is 0.778 bits per heavy atom. The van der Waals surface area contributed by atoms with Gasteiger partial charge in [0.05, 0.1) is 11.4 Å². The van der Waals surface area contributed by atoms with Crippen molar-refractivity contribution in [2.24, 2.45) is 0 Å². The molecule has 0 aliphatic heterocycles. The molecule has 7 aromatic rings. The zero-order valence-electron chi connectivity index (χ0n) is 30.8. The molecule has 2 nitrogen and oxygen atoms in total. The van der Waals surface area contributed by atoms with Crippen molar-refractivity contribution in [1.82, 2.24) is 9.97 Å². The third kappa shape index (κ3) is 4.85. The van der Waals surface area contributed by atoms with Gasteiger partial charge in [-0.15, -0.1) is 0 Å². The van der Waals surface area contributed by atoms with Gasteiger partial charge in [-0.25, -0.2) is 9.97 Å². The second-order valence-electron chi connectivity index (χ2n) is 16.3. The van der Waals surface area contributed by atoms with Gasteiger partial charge >= 0.3 is 0 Å². The monoisotopic (exact) mass is 696 g/mol. The normalized spacial score (nSPS) is 17.2. The van der Waals surface area contributed by atoms with Crippen LogP contribution < -0.4 is 0 Å². The van der Waals surface area contributed by atoms with E-state index in [4.69, 9.17) is 9.97 Å². The number of hydrogen-bond acceptors (Lipinski definition) is 2. The van der Waals surface area contributed by atoms with Crippen LogP contribution in [0.1, 0.15) is 86.5 Å². The molecule has 1 heterocycles. The van der Waals surface area contributed by atoms with Crippen LogP contribution in [0.4, 0.5) is 0 Å². The Morgan fingerprint density at radius 1 is 0.315 bits per heavy atom. The van der Waals surface area contributed by atoms with Gasteiger partial charge in [0.1, 0.15) is 0 Å². The minimum atomic E-state index is 0.0911. The summed E-state index contributed by atoms with van der Waals surface area (Å²) in [4.78, 5) is 10.1. The molecule has 6 aromatic carbocycles. The van der Waals surface area contributed by atoms with Crippen LogP contribution in [0.5, 0.6) is 0 Å². The van der Waals surface area contributed by atoms with Crippen LogP contribution in [0, 0.1) is 0 Å². The predicted octanol–water partition coefficient (Wildman–Crippen LogP) is 13.6. The summed E-state index contributed by atoms with van der Waals surface area (Å²) in [5.41, 5.74) is 20.3.